The van der Waals surface area contributed by atoms with Crippen molar-refractivity contribution in [3.8, 4) is 24.2 Å². The van der Waals surface area contributed by atoms with Crippen molar-refractivity contribution in [3.63, 3.8) is 0 Å². The molecule has 0 aromatic carbocycles. The third-order valence-electron chi connectivity index (χ3n) is 0.172. The second-order valence-electron chi connectivity index (χ2n) is 0.758. The summed E-state index contributed by atoms with van der Waals surface area (Å²) < 4.78 is 13.5. The molecule has 0 saturated heterocycles. The number of alkyl halides is 1. The molecule has 0 atom stereocenters. The fourth-order valence-electron chi connectivity index (χ4n) is 0.0472. The summed E-state index contributed by atoms with van der Waals surface area (Å²) in [6, 6.07) is 0. The predicted octanol–water partition coefficient (Wildman–Crippen LogP) is 2.04. The van der Waals surface area contributed by atoms with Crippen molar-refractivity contribution in [2.24, 2.45) is 0 Å². The second kappa shape index (κ2) is 16.0. The van der Waals surface area contributed by atoms with E-state index in [9.17, 15) is 0 Å². The Morgan fingerprint density at radius 3 is 2.12 bits per heavy atom. The first-order valence-corrected chi connectivity index (χ1v) is 2.77. The van der Waals surface area contributed by atoms with E-state index >= 15 is 0 Å². The molecule has 0 aliphatic rings. The monoisotopic (exact) mass is 174 g/mol. The van der Waals surface area contributed by atoms with Gasteiger partial charge in [-0.2, -0.15) is 0 Å². The molecule has 0 spiro atoms. The number of halogens is 1. The quantitative estimate of drug-likeness (QED) is 0.390. The lowest BCUT2D eigenvalue weighted by molar-refractivity contribution is 1.86. The van der Waals surface area contributed by atoms with Crippen LogP contribution in [0.3, 0.4) is 0 Å². The van der Waals surface area contributed by atoms with Gasteiger partial charge in [-0.15, -0.1) is 18.3 Å². The molecule has 44 valence electrons. The van der Waals surface area contributed by atoms with Gasteiger partial charge in [-0.25, -0.2) is 0 Å². The van der Waals surface area contributed by atoms with Gasteiger partial charge in [0.05, 0.1) is 8.02 Å². The zero-order valence-corrected chi connectivity index (χ0v) is 6.54. The van der Waals surface area contributed by atoms with Crippen LogP contribution < -0.4 is 0 Å². The van der Waals surface area contributed by atoms with Crippen LogP contribution in [0.5, 0.6) is 0 Å². The van der Waals surface area contributed by atoms with Crippen LogP contribution in [-0.4, -0.2) is 5.28 Å². The van der Waals surface area contributed by atoms with Crippen molar-refractivity contribution in [2.75, 3.05) is 5.28 Å². The first-order valence-electron chi connectivity index (χ1n) is 2.98. The number of hydrogen-bond donors (Lipinski definition) is 0. The highest BCUT2D eigenvalue weighted by molar-refractivity contribution is 9.09. The fraction of sp³-hybridized carbons (Fsp3) is 0.429. The molecule has 1 heteroatoms. The van der Waals surface area contributed by atoms with Gasteiger partial charge < -0.3 is 0 Å². The SMILES string of the molecule is C#CC.[2H]C([2H])(Br)C#CC. The van der Waals surface area contributed by atoms with Gasteiger partial charge in [0.15, 0.2) is 0 Å². The molecule has 0 amide bonds. The van der Waals surface area contributed by atoms with Gasteiger partial charge in [-0.05, 0) is 13.8 Å². The highest BCUT2D eigenvalue weighted by atomic mass is 79.9. The molecule has 0 N–H and O–H groups in total. The van der Waals surface area contributed by atoms with Crippen LogP contribution in [0.1, 0.15) is 16.6 Å². The van der Waals surface area contributed by atoms with E-state index in [1.54, 1.807) is 13.8 Å². The first kappa shape index (κ1) is 5.73. The third-order valence-corrected chi connectivity index (χ3v) is 0.370. The summed E-state index contributed by atoms with van der Waals surface area (Å²) in [5.41, 5.74) is 0. The number of terminal acetylenes is 1. The van der Waals surface area contributed by atoms with E-state index in [4.69, 9.17) is 2.74 Å². The average Bonchev–Trinajstić information content (AvgIpc) is 1.63. The van der Waals surface area contributed by atoms with E-state index < -0.39 is 5.28 Å². The minimum atomic E-state index is -1.50. The first-order chi connectivity index (χ1) is 4.47. The zero-order chi connectivity index (χ0) is 8.62. The van der Waals surface area contributed by atoms with Crippen molar-refractivity contribution in [3.05, 3.63) is 0 Å². The molecule has 0 fully saturated rings. The smallest absolute Gasteiger partial charge is 0.0645 e. The van der Waals surface area contributed by atoms with Crippen LogP contribution in [0.15, 0.2) is 0 Å². The maximum absolute atomic E-state index is 6.74. The molecule has 0 nitrogen and oxygen atoms in total. The van der Waals surface area contributed by atoms with Crippen LogP contribution in [0.25, 0.3) is 0 Å². The van der Waals surface area contributed by atoms with Crippen molar-refractivity contribution in [1.29, 1.82) is 0 Å². The van der Waals surface area contributed by atoms with Crippen LogP contribution in [0, 0.1) is 24.2 Å². The predicted molar refractivity (Wildman–Crippen MR) is 41.8 cm³/mol. The van der Waals surface area contributed by atoms with Gasteiger partial charge in [-0.3, -0.25) is 0 Å². The minimum absolute atomic E-state index is 1.50. The lowest BCUT2D eigenvalue weighted by atomic mass is 10.7. The lowest BCUT2D eigenvalue weighted by Crippen LogP contribution is -1.51. The standard InChI is InChI=1S/C4H5Br.C3H4/c1-2-3-4-5;1-3-2/h4H2,1H3;1H,2H3/i4D2;. The lowest BCUT2D eigenvalue weighted by Gasteiger charge is -1.56. The Morgan fingerprint density at radius 1 is 1.75 bits per heavy atom. The molecule has 0 heterocycles. The van der Waals surface area contributed by atoms with Gasteiger partial charge in [0.2, 0.25) is 0 Å². The van der Waals surface area contributed by atoms with E-state index in [-0.39, 0.29) is 0 Å². The topological polar surface area (TPSA) is 0 Å². The van der Waals surface area contributed by atoms with E-state index in [1.165, 1.54) is 0 Å². The summed E-state index contributed by atoms with van der Waals surface area (Å²) >= 11 is 2.70. The Labute approximate surface area is 62.6 Å². The molecule has 0 radical (unpaired) electrons. The maximum atomic E-state index is 6.74. The van der Waals surface area contributed by atoms with Crippen molar-refractivity contribution in [2.45, 2.75) is 13.8 Å². The molecule has 0 unspecified atom stereocenters. The van der Waals surface area contributed by atoms with Gasteiger partial charge in [0.1, 0.15) is 0 Å². The Hall–Kier alpha value is -0.400. The van der Waals surface area contributed by atoms with E-state index in [2.05, 4.69) is 40.1 Å². The molecular formula is C7H9Br. The average molecular weight is 175 g/mol. The summed E-state index contributed by atoms with van der Waals surface area (Å²) in [7, 11) is 0. The zero-order valence-electron chi connectivity index (χ0n) is 6.96. The molecule has 0 bridgehead atoms. The Morgan fingerprint density at radius 2 is 2.12 bits per heavy atom. The largest absolute Gasteiger partial charge is 0.120 e. The van der Waals surface area contributed by atoms with Crippen LogP contribution in [-0.2, 0) is 0 Å². The molecule has 0 aliphatic heterocycles. The summed E-state index contributed by atoms with van der Waals surface area (Å²) in [4.78, 5) is 0. The Balaban J connectivity index is 0. The molecular weight excluding hydrogens is 164 g/mol. The highest BCUT2D eigenvalue weighted by Gasteiger charge is 1.50. The summed E-state index contributed by atoms with van der Waals surface area (Å²) in [6.07, 6.45) is 4.60. The summed E-state index contributed by atoms with van der Waals surface area (Å²) in [6.45, 7) is 3.25. The Kier molecular flexibility index (Phi) is 11.4. The Bertz CT molecular complexity index is 163. The molecule has 0 saturated carbocycles. The fourth-order valence-corrected chi connectivity index (χ4v) is 0.245. The summed E-state index contributed by atoms with van der Waals surface area (Å²) in [5.74, 6) is 6.97. The van der Waals surface area contributed by atoms with Gasteiger partial charge in [0.25, 0.3) is 0 Å². The van der Waals surface area contributed by atoms with Crippen molar-refractivity contribution >= 4 is 15.9 Å². The van der Waals surface area contributed by atoms with Crippen LogP contribution in [0.2, 0.25) is 0 Å². The van der Waals surface area contributed by atoms with Crippen LogP contribution in [0.4, 0.5) is 0 Å². The van der Waals surface area contributed by atoms with Gasteiger partial charge in [-0.1, -0.05) is 21.9 Å². The molecule has 0 aromatic rings. The van der Waals surface area contributed by atoms with E-state index in [0.29, 0.717) is 0 Å². The van der Waals surface area contributed by atoms with Crippen molar-refractivity contribution in [1.82, 2.24) is 0 Å². The maximum Gasteiger partial charge on any atom is 0.0645 e. The van der Waals surface area contributed by atoms with E-state index in [0.717, 1.165) is 0 Å². The normalized spacial score (nSPS) is 9.75. The van der Waals surface area contributed by atoms with E-state index in [1.807, 2.05) is 0 Å². The minimum Gasteiger partial charge on any atom is -0.120 e. The molecule has 0 aliphatic carbocycles. The molecule has 8 heavy (non-hydrogen) atoms. The van der Waals surface area contributed by atoms with Crippen molar-refractivity contribution < 1.29 is 2.74 Å². The number of rotatable bonds is 0. The van der Waals surface area contributed by atoms with Gasteiger partial charge in [0, 0.05) is 0 Å². The summed E-state index contributed by atoms with van der Waals surface area (Å²) in [5, 5.41) is -1.50. The highest BCUT2D eigenvalue weighted by Crippen LogP contribution is 1.70. The molecule has 0 aromatic heterocycles. The van der Waals surface area contributed by atoms with Gasteiger partial charge >= 0.3 is 0 Å². The second-order valence-corrected chi connectivity index (χ2v) is 1.15. The molecule has 0 rings (SSSR count). The number of hydrogen-bond acceptors (Lipinski definition) is 0. The third kappa shape index (κ3) is 46.3. The van der Waals surface area contributed by atoms with Crippen LogP contribution >= 0.6 is 15.9 Å².